The third-order valence-corrected chi connectivity index (χ3v) is 4.08. The lowest BCUT2D eigenvalue weighted by atomic mass is 10.0. The Morgan fingerprint density at radius 3 is 2.85 bits per heavy atom. The number of rotatable bonds is 5. The number of hydrogen-bond donors (Lipinski definition) is 1. The first-order chi connectivity index (χ1) is 9.88. The van der Waals surface area contributed by atoms with Gasteiger partial charge in [-0.05, 0) is 16.8 Å². The van der Waals surface area contributed by atoms with Crippen LogP contribution in [0, 0.1) is 0 Å². The van der Waals surface area contributed by atoms with Crippen molar-refractivity contribution >= 4 is 22.1 Å². The lowest BCUT2D eigenvalue weighted by Gasteiger charge is -2.12. The van der Waals surface area contributed by atoms with E-state index in [0.29, 0.717) is 0 Å². The number of methoxy groups -OCH3 is 1. The van der Waals surface area contributed by atoms with Crippen molar-refractivity contribution < 1.29 is 4.74 Å². The van der Waals surface area contributed by atoms with Gasteiger partial charge in [-0.1, -0.05) is 30.3 Å². The van der Waals surface area contributed by atoms with Crippen LogP contribution in [0.15, 0.2) is 48.1 Å². The van der Waals surface area contributed by atoms with Crippen LogP contribution in [0.5, 0.6) is 5.75 Å². The number of ether oxygens (including phenoxy) is 1. The average Bonchev–Trinajstić information content (AvgIpc) is 3.00. The van der Waals surface area contributed by atoms with E-state index < -0.39 is 0 Å². The van der Waals surface area contributed by atoms with Crippen LogP contribution >= 0.6 is 11.3 Å². The zero-order valence-electron chi connectivity index (χ0n) is 11.3. The fourth-order valence-electron chi connectivity index (χ4n) is 2.33. The molecule has 0 spiro atoms. The predicted molar refractivity (Wildman–Crippen MR) is 83.2 cm³/mol. The molecule has 1 N–H and O–H groups in total. The summed E-state index contributed by atoms with van der Waals surface area (Å²) in [6, 6.07) is 12.5. The quantitative estimate of drug-likeness (QED) is 0.777. The number of nitrogens with zero attached hydrogens (tertiary/aromatic N) is 1. The standard InChI is InChI=1S/C16H16N2OS/c1-19-16-7-6-12-4-2-3-5-14(12)15(16)10-17-8-13-9-18-11-20-13/h2-7,9,11,17H,8,10H2,1H3. The monoisotopic (exact) mass is 284 g/mol. The topological polar surface area (TPSA) is 34.1 Å². The van der Waals surface area contributed by atoms with E-state index in [1.807, 2.05) is 17.8 Å². The Bertz CT molecular complexity index is 695. The van der Waals surface area contributed by atoms with Crippen molar-refractivity contribution in [2.24, 2.45) is 0 Å². The maximum Gasteiger partial charge on any atom is 0.123 e. The second-order valence-electron chi connectivity index (χ2n) is 4.54. The molecule has 0 aliphatic heterocycles. The molecule has 0 saturated carbocycles. The number of thiazole rings is 1. The fraction of sp³-hybridized carbons (Fsp3) is 0.188. The molecule has 3 nitrogen and oxygen atoms in total. The first-order valence-corrected chi connectivity index (χ1v) is 7.39. The predicted octanol–water partition coefficient (Wildman–Crippen LogP) is 3.59. The van der Waals surface area contributed by atoms with Gasteiger partial charge in [-0.2, -0.15) is 0 Å². The highest BCUT2D eigenvalue weighted by molar-refractivity contribution is 7.09. The van der Waals surface area contributed by atoms with Crippen molar-refractivity contribution in [2.75, 3.05) is 7.11 Å². The highest BCUT2D eigenvalue weighted by Gasteiger charge is 2.07. The van der Waals surface area contributed by atoms with Gasteiger partial charge in [0.05, 0.1) is 12.6 Å². The van der Waals surface area contributed by atoms with Crippen LogP contribution in [-0.2, 0) is 13.1 Å². The van der Waals surface area contributed by atoms with Crippen molar-refractivity contribution in [2.45, 2.75) is 13.1 Å². The SMILES string of the molecule is COc1ccc2ccccc2c1CNCc1cncs1. The van der Waals surface area contributed by atoms with E-state index in [0.717, 1.165) is 18.8 Å². The molecule has 20 heavy (non-hydrogen) atoms. The molecule has 2 aromatic carbocycles. The molecule has 0 amide bonds. The largest absolute Gasteiger partial charge is 0.496 e. The minimum absolute atomic E-state index is 0.780. The van der Waals surface area contributed by atoms with Gasteiger partial charge in [0.2, 0.25) is 0 Å². The second-order valence-corrected chi connectivity index (χ2v) is 5.51. The number of hydrogen-bond acceptors (Lipinski definition) is 4. The number of benzene rings is 2. The molecule has 0 unspecified atom stereocenters. The van der Waals surface area contributed by atoms with Gasteiger partial charge in [0, 0.05) is 29.7 Å². The van der Waals surface area contributed by atoms with Crippen molar-refractivity contribution in [3.8, 4) is 5.75 Å². The zero-order valence-corrected chi connectivity index (χ0v) is 12.1. The van der Waals surface area contributed by atoms with Gasteiger partial charge in [-0.15, -0.1) is 11.3 Å². The van der Waals surface area contributed by atoms with Gasteiger partial charge in [-0.3, -0.25) is 4.98 Å². The molecule has 1 aromatic heterocycles. The van der Waals surface area contributed by atoms with E-state index in [9.17, 15) is 0 Å². The molecule has 0 atom stereocenters. The second kappa shape index (κ2) is 6.03. The van der Waals surface area contributed by atoms with Crippen LogP contribution in [0.4, 0.5) is 0 Å². The van der Waals surface area contributed by atoms with E-state index in [-0.39, 0.29) is 0 Å². The van der Waals surface area contributed by atoms with Crippen molar-refractivity contribution in [1.82, 2.24) is 10.3 Å². The molecule has 1 heterocycles. The molecule has 0 saturated heterocycles. The summed E-state index contributed by atoms with van der Waals surface area (Å²) in [7, 11) is 1.72. The summed E-state index contributed by atoms with van der Waals surface area (Å²) in [4.78, 5) is 5.33. The molecule has 102 valence electrons. The van der Waals surface area contributed by atoms with Crippen LogP contribution in [0.25, 0.3) is 10.8 Å². The Labute approximate surface area is 122 Å². The lowest BCUT2D eigenvalue weighted by molar-refractivity contribution is 0.408. The smallest absolute Gasteiger partial charge is 0.123 e. The Morgan fingerprint density at radius 1 is 1.15 bits per heavy atom. The van der Waals surface area contributed by atoms with Gasteiger partial charge in [0.25, 0.3) is 0 Å². The summed E-state index contributed by atoms with van der Waals surface area (Å²) in [5.74, 6) is 0.931. The molecule has 4 heteroatoms. The summed E-state index contributed by atoms with van der Waals surface area (Å²) >= 11 is 1.67. The van der Waals surface area contributed by atoms with E-state index in [1.165, 1.54) is 21.2 Å². The van der Waals surface area contributed by atoms with E-state index in [2.05, 4.69) is 40.6 Å². The molecule has 0 aliphatic carbocycles. The Kier molecular flexibility index (Phi) is 3.95. The van der Waals surface area contributed by atoms with Crippen LogP contribution in [0.2, 0.25) is 0 Å². The maximum atomic E-state index is 5.49. The third kappa shape index (κ3) is 2.66. The van der Waals surface area contributed by atoms with Gasteiger partial charge in [0.15, 0.2) is 0 Å². The Hall–Kier alpha value is -1.91. The number of nitrogens with one attached hydrogen (secondary N) is 1. The van der Waals surface area contributed by atoms with Crippen molar-refractivity contribution in [3.05, 3.63) is 58.5 Å². The molecule has 0 bridgehead atoms. The van der Waals surface area contributed by atoms with Gasteiger partial charge in [0.1, 0.15) is 5.75 Å². The molecule has 3 aromatic rings. The molecule has 0 aliphatic rings. The normalized spacial score (nSPS) is 10.8. The highest BCUT2D eigenvalue weighted by Crippen LogP contribution is 2.27. The van der Waals surface area contributed by atoms with Crippen LogP contribution in [0.1, 0.15) is 10.4 Å². The summed E-state index contributed by atoms with van der Waals surface area (Å²) in [5.41, 5.74) is 3.06. The van der Waals surface area contributed by atoms with Gasteiger partial charge >= 0.3 is 0 Å². The van der Waals surface area contributed by atoms with Crippen molar-refractivity contribution in [1.29, 1.82) is 0 Å². The number of aromatic nitrogens is 1. The van der Waals surface area contributed by atoms with E-state index in [4.69, 9.17) is 4.74 Å². The zero-order chi connectivity index (χ0) is 13.8. The minimum Gasteiger partial charge on any atom is -0.496 e. The van der Waals surface area contributed by atoms with Crippen LogP contribution < -0.4 is 10.1 Å². The lowest BCUT2D eigenvalue weighted by Crippen LogP contribution is -2.13. The summed E-state index contributed by atoms with van der Waals surface area (Å²) in [6.07, 6.45) is 1.90. The van der Waals surface area contributed by atoms with Crippen molar-refractivity contribution in [3.63, 3.8) is 0 Å². The van der Waals surface area contributed by atoms with Crippen LogP contribution in [-0.4, -0.2) is 12.1 Å². The molecular formula is C16H16N2OS. The molecular weight excluding hydrogens is 268 g/mol. The summed E-state index contributed by atoms with van der Waals surface area (Å²) in [6.45, 7) is 1.61. The molecule has 3 rings (SSSR count). The number of fused-ring (bicyclic) bond motifs is 1. The fourth-order valence-corrected chi connectivity index (χ4v) is 2.89. The summed E-state index contributed by atoms with van der Waals surface area (Å²) in [5, 5.41) is 5.94. The highest BCUT2D eigenvalue weighted by atomic mass is 32.1. The summed E-state index contributed by atoms with van der Waals surface area (Å²) < 4.78 is 5.49. The van der Waals surface area contributed by atoms with E-state index in [1.54, 1.807) is 18.4 Å². The Morgan fingerprint density at radius 2 is 2.05 bits per heavy atom. The first kappa shape index (κ1) is 13.1. The average molecular weight is 284 g/mol. The van der Waals surface area contributed by atoms with Gasteiger partial charge < -0.3 is 10.1 Å². The van der Waals surface area contributed by atoms with E-state index >= 15 is 0 Å². The minimum atomic E-state index is 0.780. The Balaban J connectivity index is 1.85. The van der Waals surface area contributed by atoms with Crippen LogP contribution in [0.3, 0.4) is 0 Å². The van der Waals surface area contributed by atoms with Gasteiger partial charge in [-0.25, -0.2) is 0 Å². The first-order valence-electron chi connectivity index (χ1n) is 6.51. The molecule has 0 radical (unpaired) electrons. The third-order valence-electron chi connectivity index (χ3n) is 3.30. The maximum absolute atomic E-state index is 5.49. The molecule has 0 fully saturated rings.